The van der Waals surface area contributed by atoms with E-state index in [0.717, 1.165) is 0 Å². The highest BCUT2D eigenvalue weighted by Gasteiger charge is 2.32. The molecule has 3 aromatic rings. The number of rotatable bonds is 10. The van der Waals surface area contributed by atoms with E-state index in [9.17, 15) is 19.2 Å². The number of furan rings is 1. The summed E-state index contributed by atoms with van der Waals surface area (Å²) in [7, 11) is 5.14. The number of halogens is 1. The van der Waals surface area contributed by atoms with Crippen LogP contribution in [0.3, 0.4) is 0 Å². The van der Waals surface area contributed by atoms with E-state index in [0.29, 0.717) is 67.0 Å². The summed E-state index contributed by atoms with van der Waals surface area (Å²) in [4.78, 5) is 59.6. The molecule has 0 atom stereocenters. The van der Waals surface area contributed by atoms with Gasteiger partial charge < -0.3 is 29.6 Å². The van der Waals surface area contributed by atoms with Crippen molar-refractivity contribution < 1.29 is 28.3 Å². The van der Waals surface area contributed by atoms with Gasteiger partial charge in [-0.3, -0.25) is 19.2 Å². The molecule has 2 aromatic heterocycles. The van der Waals surface area contributed by atoms with E-state index in [1.807, 2.05) is 6.92 Å². The lowest BCUT2D eigenvalue weighted by atomic mass is 9.81. The van der Waals surface area contributed by atoms with Crippen LogP contribution in [0.2, 0.25) is 5.02 Å². The Balaban J connectivity index is 1.62. The normalized spacial score (nSPS) is 16.6. The zero-order valence-corrected chi connectivity index (χ0v) is 25.0. The van der Waals surface area contributed by atoms with Crippen LogP contribution in [-0.4, -0.2) is 79.3 Å². The number of carbonyl (C=O) groups is 4. The second-order valence-electron chi connectivity index (χ2n) is 10.5. The molecule has 4 rings (SSSR count). The number of carbonyl (C=O) groups excluding carboxylic acids is 4. The number of anilines is 2. The highest BCUT2D eigenvalue weighted by atomic mass is 35.5. The summed E-state index contributed by atoms with van der Waals surface area (Å²) in [5.74, 6) is -1.41. The summed E-state index contributed by atoms with van der Waals surface area (Å²) in [5.41, 5.74) is 0.861. The number of fused-ring (bicyclic) bond motifs is 1. The number of amides is 4. The highest BCUT2D eigenvalue weighted by Crippen LogP contribution is 2.35. The molecule has 2 heterocycles. The van der Waals surface area contributed by atoms with Crippen LogP contribution in [-0.2, 0) is 14.3 Å². The summed E-state index contributed by atoms with van der Waals surface area (Å²) in [5, 5.41) is 6.40. The first kappa shape index (κ1) is 31.0. The molecular formula is C30H36ClN5O6. The number of pyridine rings is 1. The molecule has 1 fully saturated rings. The van der Waals surface area contributed by atoms with Crippen LogP contribution in [0.4, 0.5) is 11.5 Å². The molecule has 1 aliphatic carbocycles. The third kappa shape index (κ3) is 7.27. The Labute approximate surface area is 249 Å². The number of benzene rings is 1. The summed E-state index contributed by atoms with van der Waals surface area (Å²) in [6.07, 6.45) is 3.68. The molecule has 1 saturated carbocycles. The van der Waals surface area contributed by atoms with Gasteiger partial charge in [0.1, 0.15) is 17.1 Å². The highest BCUT2D eigenvalue weighted by molar-refractivity contribution is 6.30. The van der Waals surface area contributed by atoms with Gasteiger partial charge in [0.15, 0.2) is 0 Å². The van der Waals surface area contributed by atoms with Gasteiger partial charge in [-0.2, -0.15) is 0 Å². The largest absolute Gasteiger partial charge is 0.449 e. The standard InChI is InChI=1S/C30H36ClN5O6/c1-5-41-15-14-36(4)30(40)20-10-12-23-22(16-20)25(26(42-23)28(38)33-24-13-11-21(31)17-32-24)34-27(37)18-6-8-19(9-7-18)29(39)35(2)3/h10-13,16-19H,5-9,14-15H2,1-4H3,(H,34,37)(H,32,33,38). The van der Waals surface area contributed by atoms with E-state index in [-0.39, 0.29) is 46.8 Å². The van der Waals surface area contributed by atoms with Crippen molar-refractivity contribution in [1.29, 1.82) is 0 Å². The third-order valence-electron chi connectivity index (χ3n) is 7.37. The number of nitrogens with one attached hydrogen (secondary N) is 2. The van der Waals surface area contributed by atoms with Crippen molar-refractivity contribution in [3.8, 4) is 0 Å². The summed E-state index contributed by atoms with van der Waals surface area (Å²) < 4.78 is 11.3. The maximum Gasteiger partial charge on any atom is 0.294 e. The average Bonchev–Trinajstić information content (AvgIpc) is 3.35. The Morgan fingerprint density at radius 2 is 1.74 bits per heavy atom. The van der Waals surface area contributed by atoms with Crippen LogP contribution in [0.25, 0.3) is 11.0 Å². The molecule has 0 saturated heterocycles. The minimum atomic E-state index is -0.627. The van der Waals surface area contributed by atoms with Crippen molar-refractivity contribution in [3.05, 3.63) is 52.9 Å². The molecule has 42 heavy (non-hydrogen) atoms. The quantitative estimate of drug-likeness (QED) is 0.324. The molecule has 0 bridgehead atoms. The lowest BCUT2D eigenvalue weighted by Gasteiger charge is -2.28. The van der Waals surface area contributed by atoms with Crippen molar-refractivity contribution in [2.24, 2.45) is 11.8 Å². The fourth-order valence-corrected chi connectivity index (χ4v) is 5.11. The van der Waals surface area contributed by atoms with Crippen LogP contribution >= 0.6 is 11.6 Å². The van der Waals surface area contributed by atoms with Gasteiger partial charge in [0, 0.05) is 63.3 Å². The number of likely N-dealkylation sites (N-methyl/N-ethyl adjacent to an activating group) is 1. The molecule has 0 unspecified atom stereocenters. The lowest BCUT2D eigenvalue weighted by molar-refractivity contribution is -0.135. The fraction of sp³-hybridized carbons (Fsp3) is 0.433. The molecule has 224 valence electrons. The van der Waals surface area contributed by atoms with E-state index in [2.05, 4.69) is 15.6 Å². The van der Waals surface area contributed by atoms with Gasteiger partial charge in [0.05, 0.1) is 11.6 Å². The second-order valence-corrected chi connectivity index (χ2v) is 11.0. The number of hydrogen-bond donors (Lipinski definition) is 2. The smallest absolute Gasteiger partial charge is 0.294 e. The van der Waals surface area contributed by atoms with E-state index in [1.165, 1.54) is 6.20 Å². The van der Waals surface area contributed by atoms with Gasteiger partial charge in [0.25, 0.3) is 11.8 Å². The van der Waals surface area contributed by atoms with Crippen LogP contribution in [0.5, 0.6) is 0 Å². The van der Waals surface area contributed by atoms with Crippen LogP contribution in [0, 0.1) is 11.8 Å². The molecule has 4 amide bonds. The molecule has 1 aliphatic rings. The van der Waals surface area contributed by atoms with E-state index < -0.39 is 5.91 Å². The predicted molar refractivity (Wildman–Crippen MR) is 160 cm³/mol. The van der Waals surface area contributed by atoms with Crippen molar-refractivity contribution in [1.82, 2.24) is 14.8 Å². The average molecular weight is 598 g/mol. The maximum atomic E-state index is 13.5. The number of ether oxygens (including phenoxy) is 1. The molecule has 0 spiro atoms. The Kier molecular flexibility index (Phi) is 10.2. The monoisotopic (exact) mass is 597 g/mol. The molecule has 0 aliphatic heterocycles. The molecule has 1 aromatic carbocycles. The molecular weight excluding hydrogens is 562 g/mol. The summed E-state index contributed by atoms with van der Waals surface area (Å²) in [6.45, 7) is 3.24. The fourth-order valence-electron chi connectivity index (χ4n) is 5.00. The number of nitrogens with zero attached hydrogens (tertiary/aromatic N) is 3. The molecule has 12 heteroatoms. The zero-order chi connectivity index (χ0) is 30.4. The van der Waals surface area contributed by atoms with E-state index in [4.69, 9.17) is 20.8 Å². The second kappa shape index (κ2) is 13.8. The van der Waals surface area contributed by atoms with Crippen molar-refractivity contribution in [2.45, 2.75) is 32.6 Å². The molecule has 0 radical (unpaired) electrons. The van der Waals surface area contributed by atoms with Gasteiger partial charge in [-0.25, -0.2) is 4.98 Å². The molecule has 11 nitrogen and oxygen atoms in total. The third-order valence-corrected chi connectivity index (χ3v) is 7.59. The first-order valence-electron chi connectivity index (χ1n) is 13.9. The van der Waals surface area contributed by atoms with Crippen LogP contribution < -0.4 is 10.6 Å². The SMILES string of the molecule is CCOCCN(C)C(=O)c1ccc2oc(C(=O)Nc3ccc(Cl)cn3)c(NC(=O)C3CCC(C(=O)N(C)C)CC3)c2c1. The van der Waals surface area contributed by atoms with Gasteiger partial charge in [0.2, 0.25) is 17.6 Å². The molecule has 2 N–H and O–H groups in total. The maximum absolute atomic E-state index is 13.5. The Morgan fingerprint density at radius 3 is 2.38 bits per heavy atom. The van der Waals surface area contributed by atoms with E-state index in [1.54, 1.807) is 61.3 Å². The Hall–Kier alpha value is -3.96. The van der Waals surface area contributed by atoms with Crippen LogP contribution in [0.15, 0.2) is 40.9 Å². The summed E-state index contributed by atoms with van der Waals surface area (Å²) in [6, 6.07) is 7.95. The number of hydrogen-bond acceptors (Lipinski definition) is 7. The number of aromatic nitrogens is 1. The first-order chi connectivity index (χ1) is 20.1. The van der Waals surface area contributed by atoms with Gasteiger partial charge in [-0.15, -0.1) is 0 Å². The minimum Gasteiger partial charge on any atom is -0.449 e. The minimum absolute atomic E-state index is 0.0628. The van der Waals surface area contributed by atoms with Crippen molar-refractivity contribution >= 4 is 57.7 Å². The lowest BCUT2D eigenvalue weighted by Crippen LogP contribution is -2.35. The van der Waals surface area contributed by atoms with Crippen LogP contribution in [0.1, 0.15) is 53.5 Å². The van der Waals surface area contributed by atoms with E-state index >= 15 is 0 Å². The zero-order valence-electron chi connectivity index (χ0n) is 24.2. The van der Waals surface area contributed by atoms with Crippen molar-refractivity contribution in [3.63, 3.8) is 0 Å². The van der Waals surface area contributed by atoms with Gasteiger partial charge in [-0.05, 0) is 62.9 Å². The first-order valence-corrected chi connectivity index (χ1v) is 14.3. The Morgan fingerprint density at radius 1 is 1.02 bits per heavy atom. The predicted octanol–water partition coefficient (Wildman–Crippen LogP) is 4.68. The van der Waals surface area contributed by atoms with Gasteiger partial charge >= 0.3 is 0 Å². The Bertz CT molecular complexity index is 1450. The van der Waals surface area contributed by atoms with Gasteiger partial charge in [-0.1, -0.05) is 11.6 Å². The summed E-state index contributed by atoms with van der Waals surface area (Å²) >= 11 is 5.91. The van der Waals surface area contributed by atoms with Crippen molar-refractivity contribution in [2.75, 3.05) is 51.5 Å². The topological polar surface area (TPSA) is 134 Å².